The summed E-state index contributed by atoms with van der Waals surface area (Å²) in [6, 6.07) is 23.9. The first-order chi connectivity index (χ1) is 21.5. The molecule has 0 saturated heterocycles. The van der Waals surface area contributed by atoms with Gasteiger partial charge in [0.05, 0.1) is 5.75 Å². The topological polar surface area (TPSA) is 126 Å². The molecular formula is C36H46N2O6S. The lowest BCUT2D eigenvalue weighted by molar-refractivity contribution is -0.116. The van der Waals surface area contributed by atoms with E-state index in [0.717, 1.165) is 33.8 Å². The lowest BCUT2D eigenvalue weighted by Gasteiger charge is -2.07. The number of aryl methyl sites for hydroxylation is 1. The Bertz CT molecular complexity index is 1540. The Morgan fingerprint density at radius 2 is 1.42 bits per heavy atom. The molecule has 1 aliphatic rings. The van der Waals surface area contributed by atoms with Crippen molar-refractivity contribution in [2.45, 2.75) is 72.1 Å². The van der Waals surface area contributed by atoms with Gasteiger partial charge in [-0.3, -0.25) is 14.1 Å². The highest BCUT2D eigenvalue weighted by atomic mass is 32.2. The first-order valence-electron chi connectivity index (χ1n) is 15.7. The number of hydrogen-bond acceptors (Lipinski definition) is 5. The molecule has 0 unspecified atom stereocenters. The van der Waals surface area contributed by atoms with Crippen molar-refractivity contribution in [3.63, 3.8) is 0 Å². The molecule has 2 amide bonds. The molecule has 9 heteroatoms. The van der Waals surface area contributed by atoms with Gasteiger partial charge in [-0.25, -0.2) is 0 Å². The predicted molar refractivity (Wildman–Crippen MR) is 182 cm³/mol. The monoisotopic (exact) mass is 634 g/mol. The predicted octanol–water partition coefficient (Wildman–Crippen LogP) is 8.29. The summed E-state index contributed by atoms with van der Waals surface area (Å²) in [4.78, 5) is 24.4. The molecule has 1 aliphatic carbocycles. The van der Waals surface area contributed by atoms with Crippen LogP contribution in [0.2, 0.25) is 0 Å². The van der Waals surface area contributed by atoms with Crippen LogP contribution in [0.5, 0.6) is 0 Å². The number of anilines is 1. The quantitative estimate of drug-likeness (QED) is 0.159. The minimum absolute atomic E-state index is 0.131. The molecule has 0 aliphatic heterocycles. The molecule has 8 nitrogen and oxygen atoms in total. The van der Waals surface area contributed by atoms with Crippen molar-refractivity contribution in [3.05, 3.63) is 90.0 Å². The number of rotatable bonds is 9. The molecule has 3 N–H and O–H groups in total. The van der Waals surface area contributed by atoms with Gasteiger partial charge >= 0.3 is 0 Å². The number of para-hydroxylation sites is 1. The summed E-state index contributed by atoms with van der Waals surface area (Å²) in [5.41, 5.74) is 3.67. The number of fused-ring (bicyclic) bond motifs is 1. The Morgan fingerprint density at radius 1 is 0.844 bits per heavy atom. The second kappa shape index (κ2) is 18.1. The molecular weight excluding hydrogens is 588 g/mol. The Morgan fingerprint density at radius 3 is 1.98 bits per heavy atom. The third-order valence-electron chi connectivity index (χ3n) is 6.88. The van der Waals surface area contributed by atoms with Gasteiger partial charge in [0.25, 0.3) is 16.0 Å². The normalized spacial score (nSPS) is 12.8. The fourth-order valence-corrected chi connectivity index (χ4v) is 4.96. The Labute approximate surface area is 267 Å². The average molecular weight is 635 g/mol. The number of hydrogen-bond donors (Lipinski definition) is 3. The van der Waals surface area contributed by atoms with Gasteiger partial charge in [0.2, 0.25) is 5.91 Å². The van der Waals surface area contributed by atoms with Gasteiger partial charge in [-0.05, 0) is 66.4 Å². The zero-order valence-corrected chi connectivity index (χ0v) is 27.4. The standard InChI is InChI=1S/C26H24N2O6S.C6H12.C4H10/c29-25(14-7-18-5-8-20(9-6-18)26(30)27-15-16-35(31,32)33)28-22-12-10-19(11-13-22)24-17-21-3-1-2-4-23(21)34-24;1-2-4-6-5-3-1;1-4(2)3/h1-6,8-13,17H,7,14-16H2,(H,27,30)(H,28,29)(H,31,32,33);1-6H2;4H,1-3H3. The van der Waals surface area contributed by atoms with Crippen LogP contribution in [0.25, 0.3) is 22.3 Å². The van der Waals surface area contributed by atoms with Gasteiger partial charge in [-0.2, -0.15) is 8.42 Å². The summed E-state index contributed by atoms with van der Waals surface area (Å²) in [7, 11) is -4.12. The lowest BCUT2D eigenvalue weighted by atomic mass is 10.0. The minimum atomic E-state index is -4.12. The van der Waals surface area contributed by atoms with Crippen molar-refractivity contribution < 1.29 is 27.0 Å². The summed E-state index contributed by atoms with van der Waals surface area (Å²) < 4.78 is 36.0. The van der Waals surface area contributed by atoms with E-state index >= 15 is 0 Å². The zero-order valence-electron chi connectivity index (χ0n) is 26.6. The van der Waals surface area contributed by atoms with Crippen molar-refractivity contribution in [1.82, 2.24) is 5.32 Å². The number of furan rings is 1. The summed E-state index contributed by atoms with van der Waals surface area (Å²) in [6.07, 6.45) is 9.76. The first-order valence-corrected chi connectivity index (χ1v) is 17.3. The molecule has 0 atom stereocenters. The Hall–Kier alpha value is -3.95. The molecule has 1 saturated carbocycles. The van der Waals surface area contributed by atoms with E-state index < -0.39 is 21.8 Å². The number of amides is 2. The van der Waals surface area contributed by atoms with E-state index in [2.05, 4.69) is 31.4 Å². The van der Waals surface area contributed by atoms with E-state index in [1.807, 2.05) is 54.6 Å². The first kappa shape index (κ1) is 35.5. The molecule has 1 heterocycles. The van der Waals surface area contributed by atoms with Gasteiger partial charge in [-0.15, -0.1) is 0 Å². The zero-order chi connectivity index (χ0) is 32.7. The maximum atomic E-state index is 12.4. The maximum Gasteiger partial charge on any atom is 0.266 e. The van der Waals surface area contributed by atoms with Crippen molar-refractivity contribution in [1.29, 1.82) is 0 Å². The fourth-order valence-electron chi connectivity index (χ4n) is 4.60. The van der Waals surface area contributed by atoms with Crippen molar-refractivity contribution >= 4 is 38.6 Å². The summed E-state index contributed by atoms with van der Waals surface area (Å²) in [5.74, 6) is 0.478. The van der Waals surface area contributed by atoms with Crippen LogP contribution in [0.4, 0.5) is 5.69 Å². The van der Waals surface area contributed by atoms with Crippen molar-refractivity contribution in [3.8, 4) is 11.3 Å². The molecule has 1 fully saturated rings. The largest absolute Gasteiger partial charge is 0.456 e. The summed E-state index contributed by atoms with van der Waals surface area (Å²) in [5, 5.41) is 6.34. The summed E-state index contributed by atoms with van der Waals surface area (Å²) in [6.45, 7) is 6.32. The lowest BCUT2D eigenvalue weighted by Crippen LogP contribution is -2.28. The number of carbonyl (C=O) groups is 2. The highest BCUT2D eigenvalue weighted by Gasteiger charge is 2.10. The average Bonchev–Trinajstić information content (AvgIpc) is 3.45. The second-order valence-corrected chi connectivity index (χ2v) is 13.4. The second-order valence-electron chi connectivity index (χ2n) is 11.9. The molecule has 4 aromatic rings. The van der Waals surface area contributed by atoms with Crippen LogP contribution in [-0.2, 0) is 21.3 Å². The highest BCUT2D eigenvalue weighted by molar-refractivity contribution is 7.85. The molecule has 45 heavy (non-hydrogen) atoms. The van der Waals surface area contributed by atoms with Crippen molar-refractivity contribution in [2.75, 3.05) is 17.6 Å². The van der Waals surface area contributed by atoms with E-state index in [0.29, 0.717) is 17.7 Å². The van der Waals surface area contributed by atoms with E-state index in [1.165, 1.54) is 38.5 Å². The molecule has 3 aromatic carbocycles. The molecule has 242 valence electrons. The van der Waals surface area contributed by atoms with Crippen LogP contribution < -0.4 is 10.6 Å². The number of benzene rings is 3. The minimum Gasteiger partial charge on any atom is -0.456 e. The van der Waals surface area contributed by atoms with Crippen LogP contribution in [-0.4, -0.2) is 37.1 Å². The molecule has 0 radical (unpaired) electrons. The van der Waals surface area contributed by atoms with Crippen molar-refractivity contribution in [2.24, 2.45) is 5.92 Å². The third kappa shape index (κ3) is 13.7. The summed E-state index contributed by atoms with van der Waals surface area (Å²) >= 11 is 0. The van der Waals surface area contributed by atoms with Gasteiger partial charge in [0, 0.05) is 35.2 Å². The van der Waals surface area contributed by atoms with Crippen LogP contribution >= 0.6 is 0 Å². The maximum absolute atomic E-state index is 12.4. The number of nitrogens with one attached hydrogen (secondary N) is 2. The Kier molecular flexibility index (Phi) is 14.3. The Balaban J connectivity index is 0.000000473. The van der Waals surface area contributed by atoms with Gasteiger partial charge in [-0.1, -0.05) is 89.6 Å². The van der Waals surface area contributed by atoms with E-state index in [9.17, 15) is 18.0 Å². The van der Waals surface area contributed by atoms with Crippen LogP contribution in [0.3, 0.4) is 0 Å². The SMILES string of the molecule is C1CCCCC1.CC(C)C.O=C(CCc1ccc(C(=O)NCCS(=O)(=O)O)cc1)Nc1ccc(-c2cc3ccccc3o2)cc1. The van der Waals surface area contributed by atoms with Gasteiger partial charge in [0.1, 0.15) is 11.3 Å². The molecule has 5 rings (SSSR count). The molecule has 0 spiro atoms. The molecule has 0 bridgehead atoms. The number of carbonyl (C=O) groups excluding carboxylic acids is 2. The van der Waals surface area contributed by atoms with Crippen LogP contribution in [0, 0.1) is 5.92 Å². The van der Waals surface area contributed by atoms with Crippen LogP contribution in [0.15, 0.2) is 83.3 Å². The van der Waals surface area contributed by atoms with Gasteiger partial charge < -0.3 is 15.1 Å². The highest BCUT2D eigenvalue weighted by Crippen LogP contribution is 2.28. The van der Waals surface area contributed by atoms with E-state index in [-0.39, 0.29) is 18.9 Å². The smallest absolute Gasteiger partial charge is 0.266 e. The van der Waals surface area contributed by atoms with Crippen LogP contribution in [0.1, 0.15) is 81.6 Å². The van der Waals surface area contributed by atoms with Gasteiger partial charge in [0.15, 0.2) is 0 Å². The van der Waals surface area contributed by atoms with E-state index in [1.54, 1.807) is 24.3 Å². The third-order valence-corrected chi connectivity index (χ3v) is 7.60. The fraction of sp³-hybridized carbons (Fsp3) is 0.389. The van der Waals surface area contributed by atoms with E-state index in [4.69, 9.17) is 8.97 Å². The molecule has 1 aromatic heterocycles.